The van der Waals surface area contributed by atoms with Crippen molar-refractivity contribution in [2.24, 2.45) is 0 Å². The molecule has 0 bridgehead atoms. The average molecular weight is 329 g/mol. The van der Waals surface area contributed by atoms with Crippen LogP contribution >= 0.6 is 24.0 Å². The Labute approximate surface area is 133 Å². The van der Waals surface area contributed by atoms with E-state index < -0.39 is 12.1 Å². The number of carbonyl (C=O) groups is 1. The predicted octanol–water partition coefficient (Wildman–Crippen LogP) is 4.41. The summed E-state index contributed by atoms with van der Waals surface area (Å²) in [4.78, 5) is 10.7. The van der Waals surface area contributed by atoms with Gasteiger partial charge in [-0.3, -0.25) is 0 Å². The molecule has 0 amide bonds. The number of hydrogen-bond acceptors (Lipinski definition) is 3. The zero-order chi connectivity index (χ0) is 14.5. The molecule has 21 heavy (non-hydrogen) atoms. The van der Waals surface area contributed by atoms with E-state index >= 15 is 0 Å². The second-order valence-electron chi connectivity index (χ2n) is 4.10. The van der Waals surface area contributed by atoms with Crippen LogP contribution in [0.3, 0.4) is 0 Å². The normalized spacial score (nSPS) is 11.1. The fourth-order valence-electron chi connectivity index (χ4n) is 1.50. The number of benzene rings is 2. The zero-order valence-corrected chi connectivity index (χ0v) is 12.7. The quantitative estimate of drug-likeness (QED) is 0.883. The smallest absolute Gasteiger partial charge is 0.344 e. The second-order valence-corrected chi connectivity index (χ2v) is 4.51. The maximum atomic E-state index is 10.7. The van der Waals surface area contributed by atoms with E-state index in [0.29, 0.717) is 22.3 Å². The molecule has 0 aromatic heterocycles. The number of carboxylic acid groups (broad SMARTS) is 1. The predicted molar refractivity (Wildman–Crippen MR) is 82.9 cm³/mol. The topological polar surface area (TPSA) is 55.8 Å². The van der Waals surface area contributed by atoms with Crippen molar-refractivity contribution in [1.82, 2.24) is 0 Å². The molecule has 0 aliphatic heterocycles. The highest BCUT2D eigenvalue weighted by atomic mass is 35.5. The number of hydrogen-bond donors (Lipinski definition) is 1. The molecule has 0 aliphatic rings. The first-order chi connectivity index (χ1) is 9.56. The van der Waals surface area contributed by atoms with Gasteiger partial charge in [0.05, 0.1) is 5.02 Å². The molecule has 0 radical (unpaired) electrons. The molecule has 2 aromatic carbocycles. The third-order valence-electron chi connectivity index (χ3n) is 2.55. The average Bonchev–Trinajstić information content (AvgIpc) is 2.43. The van der Waals surface area contributed by atoms with E-state index in [4.69, 9.17) is 26.2 Å². The van der Waals surface area contributed by atoms with Gasteiger partial charge in [-0.15, -0.1) is 12.4 Å². The van der Waals surface area contributed by atoms with Gasteiger partial charge in [0, 0.05) is 0 Å². The van der Waals surface area contributed by atoms with Gasteiger partial charge in [0.25, 0.3) is 0 Å². The van der Waals surface area contributed by atoms with Crippen LogP contribution in [0.4, 0.5) is 0 Å². The van der Waals surface area contributed by atoms with Crippen molar-refractivity contribution in [2.75, 3.05) is 0 Å². The molecule has 1 atom stereocenters. The fraction of sp³-hybridized carbons (Fsp3) is 0.133. The fourth-order valence-corrected chi connectivity index (χ4v) is 1.67. The van der Waals surface area contributed by atoms with Crippen LogP contribution in [-0.2, 0) is 4.79 Å². The summed E-state index contributed by atoms with van der Waals surface area (Å²) in [5.74, 6) is 0.600. The molecule has 0 fully saturated rings. The van der Waals surface area contributed by atoms with Crippen LogP contribution in [0.15, 0.2) is 48.5 Å². The van der Waals surface area contributed by atoms with Gasteiger partial charge in [-0.05, 0) is 43.3 Å². The standard InChI is InChI=1S/C15H13ClO4.ClH/c1-10(15(17)18)19-11-6-8-12(9-7-11)20-14-5-3-2-4-13(14)16;/h2-10H,1H3,(H,17,18);1H. The number of carboxylic acids is 1. The first-order valence-corrected chi connectivity index (χ1v) is 6.36. The Morgan fingerprint density at radius 2 is 1.67 bits per heavy atom. The molecule has 0 aliphatic carbocycles. The van der Waals surface area contributed by atoms with E-state index in [1.165, 1.54) is 6.92 Å². The maximum absolute atomic E-state index is 10.7. The number of aliphatic carboxylic acids is 1. The summed E-state index contributed by atoms with van der Waals surface area (Å²) in [7, 11) is 0. The molecule has 112 valence electrons. The van der Waals surface area contributed by atoms with Gasteiger partial charge in [0.15, 0.2) is 6.10 Å². The lowest BCUT2D eigenvalue weighted by Crippen LogP contribution is -2.22. The highest BCUT2D eigenvalue weighted by Gasteiger charge is 2.12. The first kappa shape index (κ1) is 17.1. The number of para-hydroxylation sites is 1. The molecular formula is C15H14Cl2O4. The van der Waals surface area contributed by atoms with Crippen LogP contribution in [-0.4, -0.2) is 17.2 Å². The van der Waals surface area contributed by atoms with Crippen molar-refractivity contribution in [3.63, 3.8) is 0 Å². The Kier molecular flexibility index (Phi) is 6.34. The Bertz CT molecular complexity index is 599. The molecule has 0 saturated carbocycles. The van der Waals surface area contributed by atoms with E-state index in [1.807, 2.05) is 12.1 Å². The van der Waals surface area contributed by atoms with Crippen LogP contribution in [0, 0.1) is 0 Å². The third-order valence-corrected chi connectivity index (χ3v) is 2.86. The molecule has 2 aromatic rings. The van der Waals surface area contributed by atoms with Crippen molar-refractivity contribution >= 4 is 30.0 Å². The van der Waals surface area contributed by atoms with E-state index in [0.717, 1.165) is 0 Å². The number of ether oxygens (including phenoxy) is 2. The summed E-state index contributed by atoms with van der Waals surface area (Å²) in [5, 5.41) is 9.28. The molecule has 0 spiro atoms. The highest BCUT2D eigenvalue weighted by Crippen LogP contribution is 2.29. The minimum atomic E-state index is -1.01. The lowest BCUT2D eigenvalue weighted by atomic mass is 10.3. The van der Waals surface area contributed by atoms with Crippen LogP contribution in [0.25, 0.3) is 0 Å². The first-order valence-electron chi connectivity index (χ1n) is 5.98. The molecule has 0 heterocycles. The monoisotopic (exact) mass is 328 g/mol. The zero-order valence-electron chi connectivity index (χ0n) is 11.2. The SMILES string of the molecule is CC(Oc1ccc(Oc2ccccc2Cl)cc1)C(=O)O.Cl. The number of rotatable bonds is 5. The van der Waals surface area contributed by atoms with Gasteiger partial charge < -0.3 is 14.6 Å². The Morgan fingerprint density at radius 1 is 1.10 bits per heavy atom. The van der Waals surface area contributed by atoms with Gasteiger partial charge in [0.2, 0.25) is 0 Å². The van der Waals surface area contributed by atoms with E-state index in [2.05, 4.69) is 0 Å². The van der Waals surface area contributed by atoms with Crippen molar-refractivity contribution in [3.05, 3.63) is 53.6 Å². The third kappa shape index (κ3) is 4.85. The summed E-state index contributed by atoms with van der Waals surface area (Å²) in [6.45, 7) is 1.47. The minimum absolute atomic E-state index is 0. The van der Waals surface area contributed by atoms with E-state index in [1.54, 1.807) is 36.4 Å². The molecule has 2 rings (SSSR count). The van der Waals surface area contributed by atoms with Gasteiger partial charge in [-0.2, -0.15) is 0 Å². The molecular weight excluding hydrogens is 315 g/mol. The second kappa shape index (κ2) is 7.76. The lowest BCUT2D eigenvalue weighted by Gasteiger charge is -2.11. The summed E-state index contributed by atoms with van der Waals surface area (Å²) < 4.78 is 10.8. The van der Waals surface area contributed by atoms with Gasteiger partial charge in [-0.1, -0.05) is 23.7 Å². The van der Waals surface area contributed by atoms with Crippen molar-refractivity contribution in [3.8, 4) is 17.2 Å². The molecule has 6 heteroatoms. The van der Waals surface area contributed by atoms with E-state index in [-0.39, 0.29) is 12.4 Å². The van der Waals surface area contributed by atoms with E-state index in [9.17, 15) is 4.79 Å². The lowest BCUT2D eigenvalue weighted by molar-refractivity contribution is -0.144. The summed E-state index contributed by atoms with van der Waals surface area (Å²) in [5.41, 5.74) is 0. The summed E-state index contributed by atoms with van der Waals surface area (Å²) in [6, 6.07) is 13.8. The van der Waals surface area contributed by atoms with Gasteiger partial charge in [-0.25, -0.2) is 4.79 Å². The minimum Gasteiger partial charge on any atom is -0.479 e. The van der Waals surface area contributed by atoms with Crippen LogP contribution in [0.1, 0.15) is 6.92 Å². The Morgan fingerprint density at radius 3 is 2.24 bits per heavy atom. The van der Waals surface area contributed by atoms with Crippen molar-refractivity contribution in [2.45, 2.75) is 13.0 Å². The van der Waals surface area contributed by atoms with Crippen LogP contribution in [0.5, 0.6) is 17.2 Å². The summed E-state index contributed by atoms with van der Waals surface area (Å²) >= 11 is 5.99. The number of halogens is 2. The molecule has 0 saturated heterocycles. The van der Waals surface area contributed by atoms with Crippen LogP contribution in [0.2, 0.25) is 5.02 Å². The van der Waals surface area contributed by atoms with Crippen molar-refractivity contribution < 1.29 is 19.4 Å². The van der Waals surface area contributed by atoms with Crippen LogP contribution < -0.4 is 9.47 Å². The maximum Gasteiger partial charge on any atom is 0.344 e. The molecule has 1 N–H and O–H groups in total. The Balaban J connectivity index is 0.00000220. The van der Waals surface area contributed by atoms with Gasteiger partial charge in [0.1, 0.15) is 17.2 Å². The molecule has 1 unspecified atom stereocenters. The highest BCUT2D eigenvalue weighted by molar-refractivity contribution is 6.32. The van der Waals surface area contributed by atoms with Crippen molar-refractivity contribution in [1.29, 1.82) is 0 Å². The largest absolute Gasteiger partial charge is 0.479 e. The molecule has 4 nitrogen and oxygen atoms in total. The summed E-state index contributed by atoms with van der Waals surface area (Å²) in [6.07, 6.45) is -0.898. The Hall–Kier alpha value is -1.91. The van der Waals surface area contributed by atoms with Gasteiger partial charge >= 0.3 is 5.97 Å².